The molecule has 0 aliphatic carbocycles. The maximum atomic E-state index is 11.1. The number of rotatable bonds is 6. The minimum Gasteiger partial charge on any atom is -0.480 e. The number of nitrogens with one attached hydrogen (secondary N) is 1. The van der Waals surface area contributed by atoms with E-state index in [-0.39, 0.29) is 5.92 Å². The highest BCUT2D eigenvalue weighted by Gasteiger charge is 2.23. The summed E-state index contributed by atoms with van der Waals surface area (Å²) in [7, 11) is 1.28. The second-order valence-electron chi connectivity index (χ2n) is 3.93. The van der Waals surface area contributed by atoms with Crippen molar-refractivity contribution in [2.45, 2.75) is 39.3 Å². The molecule has 0 spiro atoms. The molecule has 0 fully saturated rings. The van der Waals surface area contributed by atoms with Gasteiger partial charge >= 0.3 is 11.9 Å². The van der Waals surface area contributed by atoms with E-state index in [0.717, 1.165) is 0 Å². The third-order valence-electron chi connectivity index (χ3n) is 2.01. The molecule has 0 aromatic rings. The van der Waals surface area contributed by atoms with Crippen LogP contribution < -0.4 is 5.32 Å². The van der Waals surface area contributed by atoms with E-state index in [1.165, 1.54) is 7.11 Å². The molecule has 5 nitrogen and oxygen atoms in total. The van der Waals surface area contributed by atoms with Crippen molar-refractivity contribution >= 4 is 11.9 Å². The van der Waals surface area contributed by atoms with Gasteiger partial charge in [0.1, 0.15) is 12.1 Å². The van der Waals surface area contributed by atoms with Gasteiger partial charge in [-0.2, -0.15) is 0 Å². The Balaban J connectivity index is 4.28. The summed E-state index contributed by atoms with van der Waals surface area (Å²) >= 11 is 0. The summed E-state index contributed by atoms with van der Waals surface area (Å²) in [5.74, 6) is -1.15. The Hall–Kier alpha value is -1.10. The van der Waals surface area contributed by atoms with E-state index in [4.69, 9.17) is 5.11 Å². The minimum absolute atomic E-state index is 0.253. The number of esters is 1. The molecule has 0 aliphatic heterocycles. The second kappa shape index (κ2) is 6.40. The topological polar surface area (TPSA) is 75.6 Å². The predicted molar refractivity (Wildman–Crippen MR) is 55.5 cm³/mol. The molecule has 0 aromatic heterocycles. The number of hydrogen-bond donors (Lipinski definition) is 2. The highest BCUT2D eigenvalue weighted by Crippen LogP contribution is 2.06. The average Bonchev–Trinajstić information content (AvgIpc) is 2.14. The fourth-order valence-corrected chi connectivity index (χ4v) is 1.26. The van der Waals surface area contributed by atoms with Crippen LogP contribution in [-0.4, -0.2) is 36.2 Å². The Bertz CT molecular complexity index is 227. The molecule has 2 atom stereocenters. The first kappa shape index (κ1) is 13.9. The van der Waals surface area contributed by atoms with Gasteiger partial charge in [0, 0.05) is 0 Å². The van der Waals surface area contributed by atoms with Crippen LogP contribution in [-0.2, 0) is 14.3 Å². The Labute approximate surface area is 89.8 Å². The molecule has 0 saturated heterocycles. The van der Waals surface area contributed by atoms with Crippen molar-refractivity contribution < 1.29 is 19.4 Å². The van der Waals surface area contributed by atoms with Gasteiger partial charge in [-0.05, 0) is 19.3 Å². The van der Waals surface area contributed by atoms with Crippen molar-refractivity contribution in [1.29, 1.82) is 0 Å². The third-order valence-corrected chi connectivity index (χ3v) is 2.01. The number of carboxylic acid groups (broad SMARTS) is 1. The van der Waals surface area contributed by atoms with Gasteiger partial charge < -0.3 is 9.84 Å². The van der Waals surface area contributed by atoms with E-state index in [1.807, 2.05) is 13.8 Å². The maximum absolute atomic E-state index is 11.1. The molecule has 0 rings (SSSR count). The molecule has 2 N–H and O–H groups in total. The molecule has 0 heterocycles. The number of aliphatic carboxylic acids is 1. The lowest BCUT2D eigenvalue weighted by atomic mass is 10.0. The lowest BCUT2D eigenvalue weighted by molar-refractivity contribution is -0.144. The molecule has 0 unspecified atom stereocenters. The van der Waals surface area contributed by atoms with Crippen molar-refractivity contribution in [3.8, 4) is 0 Å². The molecule has 15 heavy (non-hydrogen) atoms. The number of carbonyl (C=O) groups is 2. The number of methoxy groups -OCH3 is 1. The van der Waals surface area contributed by atoms with Crippen LogP contribution in [0, 0.1) is 5.92 Å². The Morgan fingerprint density at radius 2 is 1.87 bits per heavy atom. The van der Waals surface area contributed by atoms with Gasteiger partial charge in [-0.25, -0.2) is 0 Å². The SMILES string of the molecule is COC(=O)[C@@H](C)N[C@@H](CC(C)C)C(=O)O. The Morgan fingerprint density at radius 3 is 2.20 bits per heavy atom. The highest BCUT2D eigenvalue weighted by molar-refractivity contribution is 5.78. The molecule has 88 valence electrons. The first-order valence-corrected chi connectivity index (χ1v) is 4.95. The summed E-state index contributed by atoms with van der Waals surface area (Å²) in [6.07, 6.45) is 0.483. The van der Waals surface area contributed by atoms with Crippen LogP contribution in [0.5, 0.6) is 0 Å². The van der Waals surface area contributed by atoms with Gasteiger partial charge in [0.25, 0.3) is 0 Å². The third kappa shape index (κ3) is 5.37. The highest BCUT2D eigenvalue weighted by atomic mass is 16.5. The average molecular weight is 217 g/mol. The molecule has 0 amide bonds. The lowest BCUT2D eigenvalue weighted by Crippen LogP contribution is -2.46. The minimum atomic E-state index is -0.945. The van der Waals surface area contributed by atoms with Gasteiger partial charge in [-0.1, -0.05) is 13.8 Å². The summed E-state index contributed by atoms with van der Waals surface area (Å²) in [6, 6.07) is -1.31. The standard InChI is InChI=1S/C10H19NO4/c1-6(2)5-8(9(12)13)11-7(3)10(14)15-4/h6-8,11H,5H2,1-4H3,(H,12,13)/t7-,8+/m1/s1. The van der Waals surface area contributed by atoms with Crippen molar-refractivity contribution in [3.05, 3.63) is 0 Å². The monoisotopic (exact) mass is 217 g/mol. The summed E-state index contributed by atoms with van der Waals surface area (Å²) in [6.45, 7) is 5.45. The first-order valence-electron chi connectivity index (χ1n) is 4.95. The quantitative estimate of drug-likeness (QED) is 0.638. The largest absolute Gasteiger partial charge is 0.480 e. The lowest BCUT2D eigenvalue weighted by Gasteiger charge is -2.19. The van der Waals surface area contributed by atoms with Crippen LogP contribution in [0.3, 0.4) is 0 Å². The van der Waals surface area contributed by atoms with E-state index < -0.39 is 24.0 Å². The Morgan fingerprint density at radius 1 is 1.33 bits per heavy atom. The molecule has 5 heteroatoms. The first-order chi connectivity index (χ1) is 6.88. The summed E-state index contributed by atoms with van der Waals surface area (Å²) in [4.78, 5) is 21.9. The molecular formula is C10H19NO4. The van der Waals surface area contributed by atoms with Crippen LogP contribution in [0.15, 0.2) is 0 Å². The number of hydrogen-bond acceptors (Lipinski definition) is 4. The fourth-order valence-electron chi connectivity index (χ4n) is 1.26. The van der Waals surface area contributed by atoms with Crippen molar-refractivity contribution in [2.75, 3.05) is 7.11 Å². The molecule has 0 aromatic carbocycles. The van der Waals surface area contributed by atoms with Crippen LogP contribution in [0.1, 0.15) is 27.2 Å². The van der Waals surface area contributed by atoms with Crippen molar-refractivity contribution in [3.63, 3.8) is 0 Å². The Kier molecular flexibility index (Phi) is 5.93. The normalized spacial score (nSPS) is 14.7. The van der Waals surface area contributed by atoms with Crippen LogP contribution in [0.2, 0.25) is 0 Å². The smallest absolute Gasteiger partial charge is 0.322 e. The number of carbonyl (C=O) groups excluding carboxylic acids is 1. The van der Waals surface area contributed by atoms with E-state index in [2.05, 4.69) is 10.1 Å². The van der Waals surface area contributed by atoms with Gasteiger partial charge in [0.2, 0.25) is 0 Å². The van der Waals surface area contributed by atoms with Crippen molar-refractivity contribution in [2.24, 2.45) is 5.92 Å². The van der Waals surface area contributed by atoms with E-state index >= 15 is 0 Å². The zero-order valence-corrected chi connectivity index (χ0v) is 9.61. The van der Waals surface area contributed by atoms with E-state index in [9.17, 15) is 9.59 Å². The van der Waals surface area contributed by atoms with Crippen LogP contribution in [0.25, 0.3) is 0 Å². The number of ether oxygens (including phenoxy) is 1. The number of carboxylic acids is 1. The fraction of sp³-hybridized carbons (Fsp3) is 0.800. The molecule has 0 saturated carbocycles. The molecular weight excluding hydrogens is 198 g/mol. The van der Waals surface area contributed by atoms with E-state index in [1.54, 1.807) is 6.92 Å². The zero-order chi connectivity index (χ0) is 12.0. The van der Waals surface area contributed by atoms with Crippen molar-refractivity contribution in [1.82, 2.24) is 5.32 Å². The van der Waals surface area contributed by atoms with Crippen LogP contribution >= 0.6 is 0 Å². The molecule has 0 bridgehead atoms. The van der Waals surface area contributed by atoms with Crippen LogP contribution in [0.4, 0.5) is 0 Å². The van der Waals surface area contributed by atoms with E-state index in [0.29, 0.717) is 6.42 Å². The molecule has 0 aliphatic rings. The maximum Gasteiger partial charge on any atom is 0.322 e. The van der Waals surface area contributed by atoms with Gasteiger partial charge in [-0.15, -0.1) is 0 Å². The predicted octanol–water partition coefficient (Wildman–Crippen LogP) is 0.637. The van der Waals surface area contributed by atoms with Gasteiger partial charge in [0.05, 0.1) is 7.11 Å². The summed E-state index contributed by atoms with van der Waals surface area (Å²) in [5.41, 5.74) is 0. The summed E-state index contributed by atoms with van der Waals surface area (Å²) < 4.78 is 4.50. The summed E-state index contributed by atoms with van der Waals surface area (Å²) in [5, 5.41) is 11.6. The zero-order valence-electron chi connectivity index (χ0n) is 9.61. The second-order valence-corrected chi connectivity index (χ2v) is 3.93. The van der Waals surface area contributed by atoms with Gasteiger partial charge in [-0.3, -0.25) is 14.9 Å². The van der Waals surface area contributed by atoms with Gasteiger partial charge in [0.15, 0.2) is 0 Å². The molecule has 0 radical (unpaired) electrons.